The minimum atomic E-state index is -3.69. The summed E-state index contributed by atoms with van der Waals surface area (Å²) in [7, 11) is -0.654. The molecule has 0 aliphatic heterocycles. The highest BCUT2D eigenvalue weighted by molar-refractivity contribution is 7.92. The zero-order valence-electron chi connectivity index (χ0n) is 35.1. The number of aliphatic hydroxyl groups is 2. The number of rotatable bonds is 26. The monoisotopic (exact) mass is 821 g/mol. The van der Waals surface area contributed by atoms with Crippen LogP contribution in [0, 0.1) is 5.82 Å². The van der Waals surface area contributed by atoms with Gasteiger partial charge >= 0.3 is 0 Å². The van der Waals surface area contributed by atoms with Crippen LogP contribution in [0.4, 0.5) is 10.3 Å². The Kier molecular flexibility index (Phi) is 23.1. The average molecular weight is 822 g/mol. The van der Waals surface area contributed by atoms with Gasteiger partial charge in [-0.3, -0.25) is 9.59 Å². The van der Waals surface area contributed by atoms with E-state index < -0.39 is 34.0 Å². The van der Waals surface area contributed by atoms with Crippen molar-refractivity contribution in [3.8, 4) is 11.3 Å². The van der Waals surface area contributed by atoms with Crippen LogP contribution in [0.15, 0.2) is 91.1 Å². The molecule has 0 unspecified atom stereocenters. The normalized spacial score (nSPS) is 13.6. The third-order valence-electron chi connectivity index (χ3n) is 8.94. The molecule has 0 aliphatic carbocycles. The van der Waals surface area contributed by atoms with Crippen LogP contribution in [-0.4, -0.2) is 91.0 Å². The maximum atomic E-state index is 13.8. The first kappa shape index (κ1) is 49.4. The number of carbonyl (C=O) groups is 2. The summed E-state index contributed by atoms with van der Waals surface area (Å²) in [5.74, 6) is -1.13. The van der Waals surface area contributed by atoms with Crippen LogP contribution in [0.3, 0.4) is 0 Å². The highest BCUT2D eigenvalue weighted by Gasteiger charge is 2.23. The molecule has 2 atom stereocenters. The zero-order valence-corrected chi connectivity index (χ0v) is 35.9. The Labute approximate surface area is 345 Å². The molecule has 0 fully saturated rings. The number of aliphatic hydroxyl groups excluding tert-OH is 2. The first-order chi connectivity index (χ1) is 27.6. The summed E-state index contributed by atoms with van der Waals surface area (Å²) in [6.45, 7) is 6.43. The number of benzene rings is 1. The van der Waals surface area contributed by atoms with Gasteiger partial charge in [0.2, 0.25) is 27.8 Å². The van der Waals surface area contributed by atoms with Gasteiger partial charge in [-0.25, -0.2) is 27.1 Å². The fourth-order valence-corrected chi connectivity index (χ4v) is 5.93. The molecule has 1 aromatic carbocycles. The summed E-state index contributed by atoms with van der Waals surface area (Å²) >= 11 is 0. The quantitative estimate of drug-likeness (QED) is 0.0642. The molecule has 2 rings (SSSR count). The van der Waals surface area contributed by atoms with E-state index in [4.69, 9.17) is 0 Å². The number of allylic oxidation sites excluding steroid dienone is 10. The van der Waals surface area contributed by atoms with Crippen molar-refractivity contribution in [2.45, 2.75) is 103 Å². The van der Waals surface area contributed by atoms with E-state index in [9.17, 15) is 32.6 Å². The van der Waals surface area contributed by atoms with Gasteiger partial charge < -0.3 is 20.4 Å². The molecule has 58 heavy (non-hydrogen) atoms. The lowest BCUT2D eigenvalue weighted by molar-refractivity contribution is -0.130. The second-order valence-corrected chi connectivity index (χ2v) is 16.4. The van der Waals surface area contributed by atoms with Crippen LogP contribution in [0.1, 0.15) is 102 Å². The van der Waals surface area contributed by atoms with E-state index in [-0.39, 0.29) is 37.2 Å². The summed E-state index contributed by atoms with van der Waals surface area (Å²) < 4.78 is 39.3. The lowest BCUT2D eigenvalue weighted by Crippen LogP contribution is -2.37. The molecule has 2 amide bonds. The number of hydrogen-bond donors (Lipinski definition) is 3. The van der Waals surface area contributed by atoms with Crippen molar-refractivity contribution in [2.24, 2.45) is 0 Å². The Balaban J connectivity index is 1.78. The molecule has 0 spiro atoms. The number of nitrogens with one attached hydrogen (secondary N) is 1. The SMILES string of the molecule is CCC=CCC=CCC=CCC=CCC=CCCCC(=O)N(C)CCNC(=O)C[C@H](O)C[C@H](O)C=Cc1c(-c2ccc(F)cc2)nc(N(C)S(C)(=O)=O)nc1C(C)C. The number of nitrogens with zero attached hydrogens (tertiary/aromatic N) is 4. The minimum absolute atomic E-state index is 0.0118. The number of unbranched alkanes of at least 4 members (excludes halogenated alkanes) is 1. The standard InChI is InChI=1S/C45H64FN5O6S/c1-7-8-9-10-11-12-13-14-15-16-17-18-19-20-21-22-23-24-42(55)50(4)32-31-47-41(54)34-39(53)33-38(52)29-30-40-43(35(2)3)48-45(51(5)58(6,56)57)49-44(40)36-25-27-37(46)28-26-36/h8-9,11-12,14-15,17-18,20-21,25-30,35,38-39,52-53H,7,10,13,16,19,22-24,31-34H2,1-6H3,(H,47,54)/t38-,39-/m1/s1. The van der Waals surface area contributed by atoms with E-state index in [1.54, 1.807) is 18.0 Å². The lowest BCUT2D eigenvalue weighted by atomic mass is 9.97. The maximum absolute atomic E-state index is 13.8. The second kappa shape index (κ2) is 27.1. The maximum Gasteiger partial charge on any atom is 0.239 e. The van der Waals surface area contributed by atoms with Gasteiger partial charge in [-0.1, -0.05) is 93.7 Å². The fraction of sp³-hybridized carbons (Fsp3) is 0.467. The van der Waals surface area contributed by atoms with Crippen LogP contribution in [0.2, 0.25) is 0 Å². The molecule has 3 N–H and O–H groups in total. The molecular weight excluding hydrogens is 758 g/mol. The zero-order chi connectivity index (χ0) is 42.9. The van der Waals surface area contributed by atoms with Crippen molar-refractivity contribution < 1.29 is 32.6 Å². The number of likely N-dealkylation sites (N-methyl/N-ethyl adjacent to an activating group) is 1. The number of anilines is 1. The number of amides is 2. The molecule has 0 bridgehead atoms. The molecule has 0 saturated heterocycles. The highest BCUT2D eigenvalue weighted by Crippen LogP contribution is 2.32. The van der Waals surface area contributed by atoms with Gasteiger partial charge in [0.15, 0.2) is 0 Å². The van der Waals surface area contributed by atoms with Crippen molar-refractivity contribution in [3.63, 3.8) is 0 Å². The molecule has 2 aromatic rings. The smallest absolute Gasteiger partial charge is 0.239 e. The van der Waals surface area contributed by atoms with Gasteiger partial charge in [0.05, 0.1) is 36.3 Å². The topological polar surface area (TPSA) is 153 Å². The molecule has 1 heterocycles. The first-order valence-electron chi connectivity index (χ1n) is 20.1. The van der Waals surface area contributed by atoms with E-state index in [1.807, 2.05) is 13.8 Å². The molecule has 13 heteroatoms. The van der Waals surface area contributed by atoms with E-state index in [1.165, 1.54) is 37.4 Å². The van der Waals surface area contributed by atoms with Gasteiger partial charge in [0.25, 0.3) is 0 Å². The van der Waals surface area contributed by atoms with Crippen molar-refractivity contribution in [3.05, 3.63) is 108 Å². The third-order valence-corrected chi connectivity index (χ3v) is 10.1. The van der Waals surface area contributed by atoms with Crippen LogP contribution < -0.4 is 9.62 Å². The number of hydrogen-bond acceptors (Lipinski definition) is 8. The number of carbonyl (C=O) groups excluding carboxylic acids is 2. The van der Waals surface area contributed by atoms with E-state index in [0.29, 0.717) is 35.5 Å². The molecule has 0 radical (unpaired) electrons. The minimum Gasteiger partial charge on any atom is -0.392 e. The highest BCUT2D eigenvalue weighted by atomic mass is 32.2. The largest absolute Gasteiger partial charge is 0.392 e. The van der Waals surface area contributed by atoms with Crippen molar-refractivity contribution in [1.82, 2.24) is 20.2 Å². The lowest BCUT2D eigenvalue weighted by Gasteiger charge is -2.20. The average Bonchev–Trinajstić information content (AvgIpc) is 3.17. The molecule has 1 aromatic heterocycles. The van der Waals surface area contributed by atoms with Gasteiger partial charge in [-0.2, -0.15) is 0 Å². The molecule has 0 saturated carbocycles. The molecule has 318 valence electrons. The first-order valence-corrected chi connectivity index (χ1v) is 21.9. The van der Waals surface area contributed by atoms with E-state index in [0.717, 1.165) is 55.5 Å². The van der Waals surface area contributed by atoms with Crippen LogP contribution in [-0.2, 0) is 19.6 Å². The van der Waals surface area contributed by atoms with Gasteiger partial charge in [0.1, 0.15) is 5.82 Å². The van der Waals surface area contributed by atoms with Gasteiger partial charge in [0, 0.05) is 51.2 Å². The Morgan fingerprint density at radius 2 is 1.45 bits per heavy atom. The number of aromatic nitrogens is 2. The van der Waals surface area contributed by atoms with Gasteiger partial charge in [-0.15, -0.1) is 0 Å². The van der Waals surface area contributed by atoms with Gasteiger partial charge in [-0.05, 0) is 75.1 Å². The Morgan fingerprint density at radius 3 is 2.00 bits per heavy atom. The van der Waals surface area contributed by atoms with Crippen LogP contribution in [0.5, 0.6) is 0 Å². The third kappa shape index (κ3) is 19.6. The number of sulfonamides is 1. The summed E-state index contributed by atoms with van der Waals surface area (Å²) in [5.41, 5.74) is 1.83. The van der Waals surface area contributed by atoms with E-state index in [2.05, 4.69) is 83.0 Å². The van der Waals surface area contributed by atoms with Crippen LogP contribution in [0.25, 0.3) is 17.3 Å². The summed E-state index contributed by atoms with van der Waals surface area (Å²) in [6.07, 6.45) is 29.6. The predicted molar refractivity (Wildman–Crippen MR) is 234 cm³/mol. The Bertz CT molecular complexity index is 1850. The van der Waals surface area contributed by atoms with E-state index >= 15 is 0 Å². The summed E-state index contributed by atoms with van der Waals surface area (Å²) in [5, 5.41) is 24.1. The van der Waals surface area contributed by atoms with Crippen molar-refractivity contribution in [1.29, 1.82) is 0 Å². The van der Waals surface area contributed by atoms with Crippen molar-refractivity contribution in [2.75, 3.05) is 37.7 Å². The Morgan fingerprint density at radius 1 is 0.879 bits per heavy atom. The predicted octanol–water partition coefficient (Wildman–Crippen LogP) is 7.81. The summed E-state index contributed by atoms with van der Waals surface area (Å²) in [4.78, 5) is 35.7. The molecule has 0 aliphatic rings. The number of halogens is 1. The Hall–Kier alpha value is -4.72. The fourth-order valence-electron chi connectivity index (χ4n) is 5.55. The van der Waals surface area contributed by atoms with Crippen molar-refractivity contribution >= 4 is 33.9 Å². The van der Waals surface area contributed by atoms with Crippen LogP contribution >= 0.6 is 0 Å². The molecular formula is C45H64FN5O6S. The summed E-state index contributed by atoms with van der Waals surface area (Å²) in [6, 6.07) is 5.57. The second-order valence-electron chi connectivity index (χ2n) is 14.3. The molecule has 11 nitrogen and oxygen atoms in total.